The van der Waals surface area contributed by atoms with Crippen LogP contribution in [0.15, 0.2) is 72.3 Å². The first kappa shape index (κ1) is 23.0. The van der Waals surface area contributed by atoms with Crippen LogP contribution >= 0.6 is 22.9 Å². The molecule has 0 radical (unpaired) electrons. The highest BCUT2D eigenvalue weighted by molar-refractivity contribution is 7.22. The fourth-order valence-corrected chi connectivity index (χ4v) is 5.15. The Balaban J connectivity index is 1.70. The molecule has 1 aromatic heterocycles. The Morgan fingerprint density at radius 3 is 2.51 bits per heavy atom. The fourth-order valence-electron chi connectivity index (χ4n) is 4.01. The zero-order valence-corrected chi connectivity index (χ0v) is 19.9. The second kappa shape index (κ2) is 9.13. The third-order valence-electron chi connectivity index (χ3n) is 5.61. The second-order valence-electron chi connectivity index (χ2n) is 7.79. The summed E-state index contributed by atoms with van der Waals surface area (Å²) >= 11 is 7.06. The van der Waals surface area contributed by atoms with Crippen molar-refractivity contribution < 1.29 is 23.8 Å². The normalized spacial score (nSPS) is 17.3. The minimum atomic E-state index is -0.952. The number of rotatable bonds is 5. The Morgan fingerprint density at radius 2 is 1.83 bits per heavy atom. The Kier molecular flexibility index (Phi) is 6.00. The van der Waals surface area contributed by atoms with Crippen LogP contribution in [0.3, 0.4) is 0 Å². The van der Waals surface area contributed by atoms with Crippen molar-refractivity contribution in [2.45, 2.75) is 13.0 Å². The van der Waals surface area contributed by atoms with Gasteiger partial charge >= 0.3 is 5.91 Å². The van der Waals surface area contributed by atoms with E-state index in [2.05, 4.69) is 4.98 Å². The number of nitrogens with zero attached hydrogens (tertiary/aromatic N) is 2. The number of carbonyl (C=O) groups excluding carboxylic acids is 2. The summed E-state index contributed by atoms with van der Waals surface area (Å²) in [6.45, 7) is 2.35. The molecule has 35 heavy (non-hydrogen) atoms. The van der Waals surface area contributed by atoms with Crippen LogP contribution in [-0.4, -0.2) is 28.4 Å². The fraction of sp³-hybridized carbons (Fsp3) is 0.115. The Hall–Kier alpha value is -3.75. The van der Waals surface area contributed by atoms with E-state index in [0.717, 1.165) is 11.3 Å². The summed E-state index contributed by atoms with van der Waals surface area (Å²) < 4.78 is 19.8. The summed E-state index contributed by atoms with van der Waals surface area (Å²) in [4.78, 5) is 32.3. The Labute approximate surface area is 208 Å². The minimum absolute atomic E-state index is 0.0769. The molecule has 9 heteroatoms. The quantitative estimate of drug-likeness (QED) is 0.200. The molecule has 0 aliphatic carbocycles. The number of ether oxygens (including phenoxy) is 1. The van der Waals surface area contributed by atoms with E-state index in [9.17, 15) is 19.1 Å². The molecule has 1 amide bonds. The van der Waals surface area contributed by atoms with Gasteiger partial charge in [0.05, 0.1) is 28.4 Å². The molecule has 0 spiro atoms. The number of hydrogen-bond acceptors (Lipinski definition) is 6. The maximum Gasteiger partial charge on any atom is 0.301 e. The number of Topliss-reactive ketones (excluding diaryl/α,β-unsaturated/α-hetero) is 1. The number of thiazole rings is 1. The van der Waals surface area contributed by atoms with Crippen LogP contribution in [0.4, 0.5) is 9.52 Å². The van der Waals surface area contributed by atoms with Gasteiger partial charge in [0.15, 0.2) is 5.13 Å². The van der Waals surface area contributed by atoms with Gasteiger partial charge in [-0.1, -0.05) is 35.1 Å². The van der Waals surface area contributed by atoms with Crippen molar-refractivity contribution in [2.24, 2.45) is 0 Å². The molecule has 1 N–H and O–H groups in total. The van der Waals surface area contributed by atoms with Gasteiger partial charge in [-0.25, -0.2) is 9.37 Å². The van der Waals surface area contributed by atoms with Gasteiger partial charge in [-0.05, 0) is 67.1 Å². The highest BCUT2D eigenvalue weighted by atomic mass is 35.5. The number of aliphatic hydroxyl groups excluding tert-OH is 1. The first-order valence-electron chi connectivity index (χ1n) is 10.7. The zero-order chi connectivity index (χ0) is 24.7. The monoisotopic (exact) mass is 508 g/mol. The highest BCUT2D eigenvalue weighted by Crippen LogP contribution is 2.44. The van der Waals surface area contributed by atoms with Crippen molar-refractivity contribution in [2.75, 3.05) is 11.5 Å². The molecular formula is C26H18ClFN2O4S. The molecule has 1 aliphatic heterocycles. The van der Waals surface area contributed by atoms with E-state index >= 15 is 0 Å². The number of fused-ring (bicyclic) bond motifs is 1. The van der Waals surface area contributed by atoms with Crippen molar-refractivity contribution in [1.29, 1.82) is 0 Å². The first-order valence-corrected chi connectivity index (χ1v) is 11.9. The summed E-state index contributed by atoms with van der Waals surface area (Å²) in [5.41, 5.74) is 1.34. The number of ketones is 1. The van der Waals surface area contributed by atoms with Crippen LogP contribution < -0.4 is 9.64 Å². The van der Waals surface area contributed by atoms with E-state index in [4.69, 9.17) is 16.3 Å². The lowest BCUT2D eigenvalue weighted by molar-refractivity contribution is -0.132. The average Bonchev–Trinajstić information content (AvgIpc) is 3.37. The summed E-state index contributed by atoms with van der Waals surface area (Å²) in [7, 11) is 0. The van der Waals surface area contributed by atoms with Crippen molar-refractivity contribution in [1.82, 2.24) is 4.98 Å². The topological polar surface area (TPSA) is 79.7 Å². The van der Waals surface area contributed by atoms with E-state index in [-0.39, 0.29) is 16.5 Å². The molecule has 1 unspecified atom stereocenters. The average molecular weight is 509 g/mol. The number of hydrogen-bond donors (Lipinski definition) is 1. The molecule has 1 fully saturated rings. The maximum absolute atomic E-state index is 13.8. The van der Waals surface area contributed by atoms with Gasteiger partial charge in [-0.3, -0.25) is 14.5 Å². The zero-order valence-electron chi connectivity index (χ0n) is 18.4. The van der Waals surface area contributed by atoms with E-state index in [1.54, 1.807) is 48.5 Å². The number of benzene rings is 3. The van der Waals surface area contributed by atoms with Crippen LogP contribution in [0.1, 0.15) is 24.1 Å². The smallest absolute Gasteiger partial charge is 0.301 e. The SMILES string of the molecule is CCOc1ccc(C2C(=C(O)c3ccc(Cl)cc3)C(=O)C(=O)N2c2nc3ccc(F)cc3s2)cc1. The summed E-state index contributed by atoms with van der Waals surface area (Å²) in [6.07, 6.45) is 0. The minimum Gasteiger partial charge on any atom is -0.507 e. The highest BCUT2D eigenvalue weighted by Gasteiger charge is 2.48. The third kappa shape index (κ3) is 4.15. The van der Waals surface area contributed by atoms with Gasteiger partial charge in [-0.2, -0.15) is 0 Å². The van der Waals surface area contributed by atoms with Crippen molar-refractivity contribution in [3.05, 3.63) is 94.3 Å². The number of amides is 1. The van der Waals surface area contributed by atoms with E-state index in [0.29, 0.717) is 38.7 Å². The van der Waals surface area contributed by atoms with Crippen molar-refractivity contribution >= 4 is 55.7 Å². The van der Waals surface area contributed by atoms with Gasteiger partial charge in [0.2, 0.25) is 0 Å². The standard InChI is InChI=1S/C26H18ClFN2O4S/c1-2-34-18-10-5-14(6-11-18)22-21(23(31)15-3-7-16(27)8-4-15)24(32)25(33)30(22)26-29-19-12-9-17(28)13-20(19)35-26/h3-13,22,31H,2H2,1H3. The number of aromatic nitrogens is 1. The second-order valence-corrected chi connectivity index (χ2v) is 9.23. The Bertz CT molecular complexity index is 1480. The van der Waals surface area contributed by atoms with E-state index < -0.39 is 23.5 Å². The predicted molar refractivity (Wildman–Crippen MR) is 133 cm³/mol. The lowest BCUT2D eigenvalue weighted by Crippen LogP contribution is -2.29. The van der Waals surface area contributed by atoms with E-state index in [1.165, 1.54) is 23.1 Å². The van der Waals surface area contributed by atoms with Crippen LogP contribution in [-0.2, 0) is 9.59 Å². The van der Waals surface area contributed by atoms with Crippen LogP contribution in [0.25, 0.3) is 16.0 Å². The van der Waals surface area contributed by atoms with Crippen LogP contribution in [0, 0.1) is 5.82 Å². The van der Waals surface area contributed by atoms with Gasteiger partial charge < -0.3 is 9.84 Å². The molecule has 1 atom stereocenters. The number of halogens is 2. The largest absolute Gasteiger partial charge is 0.507 e. The molecule has 0 saturated carbocycles. The molecule has 5 rings (SSSR count). The number of aliphatic hydroxyl groups is 1. The lowest BCUT2D eigenvalue weighted by Gasteiger charge is -2.23. The van der Waals surface area contributed by atoms with Gasteiger partial charge in [-0.15, -0.1) is 0 Å². The predicted octanol–water partition coefficient (Wildman–Crippen LogP) is 6.11. The molecule has 1 saturated heterocycles. The molecule has 176 valence electrons. The number of anilines is 1. The van der Waals surface area contributed by atoms with Crippen molar-refractivity contribution in [3.63, 3.8) is 0 Å². The first-order chi connectivity index (χ1) is 16.9. The van der Waals surface area contributed by atoms with Crippen LogP contribution in [0.5, 0.6) is 5.75 Å². The molecule has 6 nitrogen and oxygen atoms in total. The maximum atomic E-state index is 13.8. The molecule has 0 bridgehead atoms. The third-order valence-corrected chi connectivity index (χ3v) is 6.88. The number of carbonyl (C=O) groups is 2. The summed E-state index contributed by atoms with van der Waals surface area (Å²) in [5, 5.41) is 11.8. The van der Waals surface area contributed by atoms with Gasteiger partial charge in [0, 0.05) is 10.6 Å². The lowest BCUT2D eigenvalue weighted by atomic mass is 9.95. The van der Waals surface area contributed by atoms with E-state index in [1.807, 2.05) is 6.92 Å². The van der Waals surface area contributed by atoms with Gasteiger partial charge in [0.25, 0.3) is 5.78 Å². The van der Waals surface area contributed by atoms with Gasteiger partial charge in [0.1, 0.15) is 17.3 Å². The molecule has 3 aromatic carbocycles. The Morgan fingerprint density at radius 1 is 1.11 bits per heavy atom. The van der Waals surface area contributed by atoms with Crippen LogP contribution in [0.2, 0.25) is 5.02 Å². The summed E-state index contributed by atoms with van der Waals surface area (Å²) in [6, 6.07) is 16.4. The molecule has 2 heterocycles. The molecule has 4 aromatic rings. The summed E-state index contributed by atoms with van der Waals surface area (Å²) in [5.74, 6) is -1.81. The molecule has 1 aliphatic rings. The molecular weight excluding hydrogens is 491 g/mol. The van der Waals surface area contributed by atoms with Crippen molar-refractivity contribution in [3.8, 4) is 5.75 Å².